The molecular formula is C21H25Cl2N3O4. The van der Waals surface area contributed by atoms with Crippen LogP contribution in [0.1, 0.15) is 15.9 Å². The van der Waals surface area contributed by atoms with Gasteiger partial charge in [0.05, 0.1) is 27.5 Å². The predicted molar refractivity (Wildman–Crippen MR) is 121 cm³/mol. The zero-order chi connectivity index (χ0) is 21.9. The average Bonchev–Trinajstić information content (AvgIpc) is 2.78. The monoisotopic (exact) mass is 453 g/mol. The van der Waals surface area contributed by atoms with E-state index in [0.29, 0.717) is 47.7 Å². The Hall–Kier alpha value is -2.64. The highest BCUT2D eigenvalue weighted by Gasteiger charge is 2.16. The molecule has 0 heterocycles. The number of anilines is 1. The lowest BCUT2D eigenvalue weighted by Crippen LogP contribution is -2.27. The summed E-state index contributed by atoms with van der Waals surface area (Å²) >= 11 is 11.7. The summed E-state index contributed by atoms with van der Waals surface area (Å²) in [5.41, 5.74) is 4.68. The predicted octanol–water partition coefficient (Wildman–Crippen LogP) is 3.76. The third kappa shape index (κ3) is 6.18. The number of nitrogens with zero attached hydrogens (tertiary/aromatic N) is 2. The fourth-order valence-electron chi connectivity index (χ4n) is 2.79. The van der Waals surface area contributed by atoms with Crippen molar-refractivity contribution < 1.29 is 19.0 Å². The zero-order valence-corrected chi connectivity index (χ0v) is 18.7. The van der Waals surface area contributed by atoms with Gasteiger partial charge in [0.15, 0.2) is 11.5 Å². The SMILES string of the molecule is COc1cc(C(=O)N/N=C\c2ccc(N(CCCl)CCCl)cc2)cc(OC)c1OC. The number of benzene rings is 2. The van der Waals surface area contributed by atoms with Gasteiger partial charge in [0.25, 0.3) is 5.91 Å². The Balaban J connectivity index is 2.07. The molecule has 0 aromatic heterocycles. The molecule has 0 saturated heterocycles. The van der Waals surface area contributed by atoms with Gasteiger partial charge >= 0.3 is 0 Å². The first-order valence-corrected chi connectivity index (χ1v) is 10.2. The topological polar surface area (TPSA) is 72.4 Å². The first-order valence-electron chi connectivity index (χ1n) is 9.18. The smallest absolute Gasteiger partial charge is 0.271 e. The molecule has 0 unspecified atom stereocenters. The molecule has 0 bridgehead atoms. The molecular weight excluding hydrogens is 429 g/mol. The summed E-state index contributed by atoms with van der Waals surface area (Å²) in [5, 5.41) is 4.03. The van der Waals surface area contributed by atoms with E-state index >= 15 is 0 Å². The molecule has 0 aliphatic rings. The van der Waals surface area contributed by atoms with Crippen molar-refractivity contribution in [1.29, 1.82) is 0 Å². The van der Waals surface area contributed by atoms with Gasteiger partial charge in [-0.3, -0.25) is 4.79 Å². The van der Waals surface area contributed by atoms with Crippen molar-refractivity contribution in [2.45, 2.75) is 0 Å². The second kappa shape index (κ2) is 12.1. The minimum absolute atomic E-state index is 0.329. The lowest BCUT2D eigenvalue weighted by molar-refractivity contribution is 0.0954. The lowest BCUT2D eigenvalue weighted by Gasteiger charge is -2.22. The van der Waals surface area contributed by atoms with Gasteiger partial charge in [0.1, 0.15) is 0 Å². The van der Waals surface area contributed by atoms with Crippen LogP contribution >= 0.6 is 23.2 Å². The number of rotatable bonds is 11. The standard InChI is InChI=1S/C21H25Cl2N3O4/c1-28-18-12-16(13-19(29-2)20(18)30-3)21(27)25-24-14-15-4-6-17(7-5-15)26(10-8-22)11-9-23/h4-7,12-14H,8-11H2,1-3H3,(H,25,27)/b24-14-. The summed E-state index contributed by atoms with van der Waals surface area (Å²) in [6, 6.07) is 10.8. The van der Waals surface area contributed by atoms with Crippen LogP contribution in [0.4, 0.5) is 5.69 Å². The Kier molecular flexibility index (Phi) is 9.57. The van der Waals surface area contributed by atoms with Gasteiger partial charge in [-0.05, 0) is 29.8 Å². The van der Waals surface area contributed by atoms with E-state index in [2.05, 4.69) is 15.4 Å². The van der Waals surface area contributed by atoms with Crippen LogP contribution in [0.15, 0.2) is 41.5 Å². The van der Waals surface area contributed by atoms with Gasteiger partial charge in [-0.25, -0.2) is 5.43 Å². The number of alkyl halides is 2. The van der Waals surface area contributed by atoms with E-state index in [4.69, 9.17) is 37.4 Å². The van der Waals surface area contributed by atoms with Gasteiger partial charge in [0.2, 0.25) is 5.75 Å². The van der Waals surface area contributed by atoms with Crippen LogP contribution in [0.3, 0.4) is 0 Å². The number of nitrogens with one attached hydrogen (secondary N) is 1. The summed E-state index contributed by atoms with van der Waals surface area (Å²) in [7, 11) is 4.48. The van der Waals surface area contributed by atoms with Crippen molar-refractivity contribution in [3.05, 3.63) is 47.5 Å². The maximum Gasteiger partial charge on any atom is 0.271 e. The second-order valence-corrected chi connectivity index (χ2v) is 6.83. The Bertz CT molecular complexity index is 829. The molecule has 2 aromatic carbocycles. The fourth-order valence-corrected chi connectivity index (χ4v) is 3.20. The van der Waals surface area contributed by atoms with Crippen LogP contribution < -0.4 is 24.5 Å². The van der Waals surface area contributed by atoms with Gasteiger partial charge in [-0.15, -0.1) is 23.2 Å². The van der Waals surface area contributed by atoms with E-state index in [9.17, 15) is 4.79 Å². The maximum absolute atomic E-state index is 12.4. The van der Waals surface area contributed by atoms with Crippen LogP contribution in [0, 0.1) is 0 Å². The number of ether oxygens (including phenoxy) is 3. The van der Waals surface area contributed by atoms with Gasteiger partial charge in [0, 0.05) is 36.1 Å². The minimum Gasteiger partial charge on any atom is -0.493 e. The minimum atomic E-state index is -0.405. The molecule has 2 rings (SSSR count). The quantitative estimate of drug-likeness (QED) is 0.318. The molecule has 0 radical (unpaired) electrons. The van der Waals surface area contributed by atoms with Crippen LogP contribution in [0.5, 0.6) is 17.2 Å². The van der Waals surface area contributed by atoms with Crippen molar-refractivity contribution in [3.63, 3.8) is 0 Å². The third-order valence-corrected chi connectivity index (χ3v) is 4.61. The molecule has 7 nitrogen and oxygen atoms in total. The van der Waals surface area contributed by atoms with E-state index < -0.39 is 5.91 Å². The van der Waals surface area contributed by atoms with E-state index in [1.807, 2.05) is 24.3 Å². The van der Waals surface area contributed by atoms with Crippen molar-refractivity contribution in [3.8, 4) is 17.2 Å². The molecule has 1 amide bonds. The molecule has 0 aliphatic carbocycles. The maximum atomic E-state index is 12.4. The average molecular weight is 454 g/mol. The highest BCUT2D eigenvalue weighted by Crippen LogP contribution is 2.38. The summed E-state index contributed by atoms with van der Waals surface area (Å²) < 4.78 is 15.8. The fraction of sp³-hybridized carbons (Fsp3) is 0.333. The van der Waals surface area contributed by atoms with Crippen LogP contribution in [-0.4, -0.2) is 58.3 Å². The van der Waals surface area contributed by atoms with E-state index in [0.717, 1.165) is 11.3 Å². The highest BCUT2D eigenvalue weighted by atomic mass is 35.5. The van der Waals surface area contributed by atoms with Crippen molar-refractivity contribution >= 4 is 41.0 Å². The first-order chi connectivity index (χ1) is 14.6. The molecule has 0 saturated carbocycles. The Morgan fingerprint density at radius 3 is 2.03 bits per heavy atom. The van der Waals surface area contributed by atoms with Gasteiger partial charge < -0.3 is 19.1 Å². The normalized spacial score (nSPS) is 10.7. The molecule has 0 spiro atoms. The number of hydrazone groups is 1. The Labute approximate surface area is 186 Å². The van der Waals surface area contributed by atoms with E-state index in [1.165, 1.54) is 21.3 Å². The molecule has 0 aliphatic heterocycles. The molecule has 0 atom stereocenters. The molecule has 1 N–H and O–H groups in total. The van der Waals surface area contributed by atoms with Crippen LogP contribution in [0.2, 0.25) is 0 Å². The van der Waals surface area contributed by atoms with Gasteiger partial charge in [-0.1, -0.05) is 12.1 Å². The van der Waals surface area contributed by atoms with E-state index in [1.54, 1.807) is 18.3 Å². The number of hydrogen-bond donors (Lipinski definition) is 1. The summed E-state index contributed by atoms with van der Waals surface area (Å²) in [6.07, 6.45) is 1.56. The van der Waals surface area contributed by atoms with Crippen molar-refractivity contribution in [2.24, 2.45) is 5.10 Å². The number of amides is 1. The van der Waals surface area contributed by atoms with Crippen LogP contribution in [0.25, 0.3) is 0 Å². The number of methoxy groups -OCH3 is 3. The molecule has 2 aromatic rings. The largest absolute Gasteiger partial charge is 0.493 e. The second-order valence-electron chi connectivity index (χ2n) is 6.07. The zero-order valence-electron chi connectivity index (χ0n) is 17.2. The highest BCUT2D eigenvalue weighted by molar-refractivity contribution is 6.18. The summed E-state index contributed by atoms with van der Waals surface area (Å²) in [4.78, 5) is 14.6. The molecule has 162 valence electrons. The number of carbonyl (C=O) groups excluding carboxylic acids is 1. The van der Waals surface area contributed by atoms with Crippen LogP contribution in [-0.2, 0) is 0 Å². The first kappa shape index (κ1) is 23.6. The number of halogens is 2. The Morgan fingerprint density at radius 1 is 1.00 bits per heavy atom. The molecule has 30 heavy (non-hydrogen) atoms. The number of hydrogen-bond acceptors (Lipinski definition) is 6. The summed E-state index contributed by atoms with van der Waals surface area (Å²) in [5.74, 6) is 1.83. The number of carbonyl (C=O) groups is 1. The Morgan fingerprint density at radius 2 is 1.57 bits per heavy atom. The molecule has 9 heteroatoms. The van der Waals surface area contributed by atoms with Gasteiger partial charge in [-0.2, -0.15) is 5.10 Å². The van der Waals surface area contributed by atoms with E-state index in [-0.39, 0.29) is 0 Å². The lowest BCUT2D eigenvalue weighted by atomic mass is 10.1. The van der Waals surface area contributed by atoms with Crippen molar-refractivity contribution in [2.75, 3.05) is 51.1 Å². The summed E-state index contributed by atoms with van der Waals surface area (Å²) in [6.45, 7) is 1.43. The molecule has 0 fully saturated rings. The third-order valence-electron chi connectivity index (χ3n) is 4.27. The van der Waals surface area contributed by atoms with Crippen molar-refractivity contribution in [1.82, 2.24) is 5.43 Å².